The van der Waals surface area contributed by atoms with Crippen molar-refractivity contribution >= 4 is 17.3 Å². The Hall–Kier alpha value is -1.51. The summed E-state index contributed by atoms with van der Waals surface area (Å²) < 4.78 is 0. The van der Waals surface area contributed by atoms with Crippen LogP contribution in [0.25, 0.3) is 0 Å². The summed E-state index contributed by atoms with van der Waals surface area (Å²) in [6.45, 7) is 5.10. The number of rotatable bonds is 3. The molecule has 3 heteroatoms. The fourth-order valence-electron chi connectivity index (χ4n) is 2.43. The molecule has 1 heterocycles. The fraction of sp³-hybridized carbons (Fsp3) is 0.533. The van der Waals surface area contributed by atoms with E-state index in [1.54, 1.807) is 0 Å². The quantitative estimate of drug-likeness (QED) is 0.833. The Bertz CT molecular complexity index is 442. The number of anilines is 2. The van der Waals surface area contributed by atoms with Crippen LogP contribution in [-0.2, 0) is 11.2 Å². The van der Waals surface area contributed by atoms with Crippen molar-refractivity contribution in [2.75, 3.05) is 17.2 Å². The summed E-state index contributed by atoms with van der Waals surface area (Å²) in [5.74, 6) is 0.701. The predicted molar refractivity (Wildman–Crippen MR) is 75.6 cm³/mol. The van der Waals surface area contributed by atoms with Crippen LogP contribution in [0.4, 0.5) is 11.4 Å². The molecule has 18 heavy (non-hydrogen) atoms. The van der Waals surface area contributed by atoms with Gasteiger partial charge in [0.2, 0.25) is 5.91 Å². The molecular weight excluding hydrogens is 224 g/mol. The van der Waals surface area contributed by atoms with Gasteiger partial charge in [0.05, 0.1) is 0 Å². The molecule has 1 unspecified atom stereocenters. The van der Waals surface area contributed by atoms with E-state index in [1.165, 1.54) is 5.56 Å². The van der Waals surface area contributed by atoms with E-state index in [2.05, 4.69) is 13.8 Å². The molecule has 3 nitrogen and oxygen atoms in total. The first kappa shape index (κ1) is 12.9. The SMILES string of the molecule is CCC(C)CC(=O)N1CCCc2cc(N)ccc21. The number of hydrogen-bond donors (Lipinski definition) is 1. The first-order valence-corrected chi connectivity index (χ1v) is 6.80. The van der Waals surface area contributed by atoms with Gasteiger partial charge in [-0.3, -0.25) is 4.79 Å². The van der Waals surface area contributed by atoms with E-state index < -0.39 is 0 Å². The Labute approximate surface area is 109 Å². The first-order valence-electron chi connectivity index (χ1n) is 6.80. The number of nitrogen functional groups attached to an aromatic ring is 1. The molecule has 0 spiro atoms. The Balaban J connectivity index is 2.19. The van der Waals surface area contributed by atoms with E-state index in [9.17, 15) is 4.79 Å². The summed E-state index contributed by atoms with van der Waals surface area (Å²) in [6, 6.07) is 5.87. The number of aryl methyl sites for hydroxylation is 1. The van der Waals surface area contributed by atoms with Crippen molar-refractivity contribution in [3.63, 3.8) is 0 Å². The summed E-state index contributed by atoms with van der Waals surface area (Å²) in [7, 11) is 0. The molecule has 2 rings (SSSR count). The Morgan fingerprint density at radius 1 is 1.50 bits per heavy atom. The van der Waals surface area contributed by atoms with Gasteiger partial charge in [-0.2, -0.15) is 0 Å². The second-order valence-corrected chi connectivity index (χ2v) is 5.25. The molecule has 1 aliphatic rings. The van der Waals surface area contributed by atoms with E-state index in [-0.39, 0.29) is 5.91 Å². The minimum Gasteiger partial charge on any atom is -0.399 e. The smallest absolute Gasteiger partial charge is 0.227 e. The summed E-state index contributed by atoms with van der Waals surface area (Å²) in [4.78, 5) is 14.2. The molecule has 1 amide bonds. The van der Waals surface area contributed by atoms with Gasteiger partial charge in [-0.05, 0) is 42.5 Å². The lowest BCUT2D eigenvalue weighted by molar-refractivity contribution is -0.119. The lowest BCUT2D eigenvalue weighted by atomic mass is 9.98. The normalized spacial score (nSPS) is 16.2. The number of fused-ring (bicyclic) bond motifs is 1. The molecule has 1 aromatic carbocycles. The van der Waals surface area contributed by atoms with Crippen molar-refractivity contribution in [1.82, 2.24) is 0 Å². The minimum absolute atomic E-state index is 0.245. The molecule has 98 valence electrons. The highest BCUT2D eigenvalue weighted by atomic mass is 16.2. The largest absolute Gasteiger partial charge is 0.399 e. The van der Waals surface area contributed by atoms with Gasteiger partial charge >= 0.3 is 0 Å². The topological polar surface area (TPSA) is 46.3 Å². The zero-order chi connectivity index (χ0) is 13.1. The van der Waals surface area contributed by atoms with Crippen LogP contribution in [0.5, 0.6) is 0 Å². The van der Waals surface area contributed by atoms with E-state index >= 15 is 0 Å². The third-order valence-corrected chi connectivity index (χ3v) is 3.74. The molecule has 2 N–H and O–H groups in total. The van der Waals surface area contributed by atoms with E-state index in [4.69, 9.17) is 5.73 Å². The van der Waals surface area contributed by atoms with Crippen LogP contribution in [-0.4, -0.2) is 12.5 Å². The zero-order valence-electron chi connectivity index (χ0n) is 11.3. The van der Waals surface area contributed by atoms with E-state index in [0.717, 1.165) is 37.2 Å². The highest BCUT2D eigenvalue weighted by Crippen LogP contribution is 2.29. The summed E-state index contributed by atoms with van der Waals surface area (Å²) in [5.41, 5.74) is 8.85. The molecule has 1 aliphatic heterocycles. The van der Waals surface area contributed by atoms with Crippen LogP contribution in [0.15, 0.2) is 18.2 Å². The second-order valence-electron chi connectivity index (χ2n) is 5.25. The van der Waals surface area contributed by atoms with E-state index in [1.807, 2.05) is 23.1 Å². The van der Waals surface area contributed by atoms with Crippen molar-refractivity contribution in [3.05, 3.63) is 23.8 Å². The first-order chi connectivity index (χ1) is 8.61. The van der Waals surface area contributed by atoms with Gasteiger partial charge < -0.3 is 10.6 Å². The van der Waals surface area contributed by atoms with Crippen LogP contribution in [0.3, 0.4) is 0 Å². The minimum atomic E-state index is 0.245. The van der Waals surface area contributed by atoms with Crippen LogP contribution in [0, 0.1) is 5.92 Å². The third kappa shape index (κ3) is 2.66. The number of carbonyl (C=O) groups excluding carboxylic acids is 1. The molecule has 1 atom stereocenters. The number of amides is 1. The van der Waals surface area contributed by atoms with Crippen molar-refractivity contribution in [1.29, 1.82) is 0 Å². The summed E-state index contributed by atoms with van der Waals surface area (Å²) >= 11 is 0. The monoisotopic (exact) mass is 246 g/mol. The zero-order valence-corrected chi connectivity index (χ0v) is 11.3. The molecule has 0 radical (unpaired) electrons. The molecule has 0 fully saturated rings. The van der Waals surface area contributed by atoms with Crippen LogP contribution < -0.4 is 10.6 Å². The lowest BCUT2D eigenvalue weighted by Gasteiger charge is -2.30. The molecule has 0 saturated carbocycles. The highest BCUT2D eigenvalue weighted by Gasteiger charge is 2.23. The summed E-state index contributed by atoms with van der Waals surface area (Å²) in [5, 5.41) is 0. The average Bonchev–Trinajstić information content (AvgIpc) is 2.37. The standard InChI is InChI=1S/C15H22N2O/c1-3-11(2)9-15(18)17-8-4-5-12-10-13(16)6-7-14(12)17/h6-7,10-11H,3-5,8-9,16H2,1-2H3. The fourth-order valence-corrected chi connectivity index (χ4v) is 2.43. The van der Waals surface area contributed by atoms with Crippen LogP contribution in [0.1, 0.15) is 38.7 Å². The second kappa shape index (κ2) is 5.42. The van der Waals surface area contributed by atoms with E-state index in [0.29, 0.717) is 12.3 Å². The molecule has 0 saturated heterocycles. The van der Waals surface area contributed by atoms with Crippen molar-refractivity contribution < 1.29 is 4.79 Å². The van der Waals surface area contributed by atoms with Gasteiger partial charge in [-0.15, -0.1) is 0 Å². The maximum absolute atomic E-state index is 12.3. The lowest BCUT2D eigenvalue weighted by Crippen LogP contribution is -2.36. The number of nitrogens with zero attached hydrogens (tertiary/aromatic N) is 1. The number of benzene rings is 1. The van der Waals surface area contributed by atoms with Crippen molar-refractivity contribution in [2.45, 2.75) is 39.5 Å². The molecule has 0 bridgehead atoms. The van der Waals surface area contributed by atoms with Gasteiger partial charge in [-0.1, -0.05) is 20.3 Å². The Morgan fingerprint density at radius 3 is 3.00 bits per heavy atom. The number of nitrogens with two attached hydrogens (primary N) is 1. The maximum Gasteiger partial charge on any atom is 0.227 e. The van der Waals surface area contributed by atoms with Crippen LogP contribution in [0.2, 0.25) is 0 Å². The number of carbonyl (C=O) groups is 1. The van der Waals surface area contributed by atoms with Gasteiger partial charge in [0, 0.05) is 24.3 Å². The third-order valence-electron chi connectivity index (χ3n) is 3.74. The Kier molecular flexibility index (Phi) is 3.90. The highest BCUT2D eigenvalue weighted by molar-refractivity contribution is 5.94. The average molecular weight is 246 g/mol. The molecule has 0 aromatic heterocycles. The van der Waals surface area contributed by atoms with Gasteiger partial charge in [0.15, 0.2) is 0 Å². The van der Waals surface area contributed by atoms with Gasteiger partial charge in [0.1, 0.15) is 0 Å². The van der Waals surface area contributed by atoms with Gasteiger partial charge in [-0.25, -0.2) is 0 Å². The van der Waals surface area contributed by atoms with Crippen molar-refractivity contribution in [2.24, 2.45) is 5.92 Å². The summed E-state index contributed by atoms with van der Waals surface area (Å²) in [6.07, 6.45) is 3.74. The van der Waals surface area contributed by atoms with Crippen molar-refractivity contribution in [3.8, 4) is 0 Å². The van der Waals surface area contributed by atoms with Gasteiger partial charge in [0.25, 0.3) is 0 Å². The maximum atomic E-state index is 12.3. The predicted octanol–water partition coefficient (Wildman–Crippen LogP) is 2.98. The molecular formula is C15H22N2O. The Morgan fingerprint density at radius 2 is 2.28 bits per heavy atom. The van der Waals surface area contributed by atoms with Crippen LogP contribution >= 0.6 is 0 Å². The molecule has 0 aliphatic carbocycles. The number of hydrogen-bond acceptors (Lipinski definition) is 2. The molecule has 1 aromatic rings.